The van der Waals surface area contributed by atoms with Crippen LogP contribution in [-0.2, 0) is 6.18 Å². The van der Waals surface area contributed by atoms with Gasteiger partial charge in [0.15, 0.2) is 5.69 Å². The number of carbonyl (C=O) groups is 1. The third kappa shape index (κ3) is 4.60. The van der Waals surface area contributed by atoms with Gasteiger partial charge in [0.1, 0.15) is 0 Å². The predicted molar refractivity (Wildman–Crippen MR) is 88.8 cm³/mol. The number of aryl methyl sites for hydroxylation is 1. The molecule has 0 radical (unpaired) electrons. The van der Waals surface area contributed by atoms with Crippen LogP contribution in [0.15, 0.2) is 30.5 Å². The number of amides is 1. The zero-order valence-corrected chi connectivity index (χ0v) is 14.3. The van der Waals surface area contributed by atoms with Crippen LogP contribution >= 0.6 is 0 Å². The highest BCUT2D eigenvalue weighted by molar-refractivity contribution is 5.95. The van der Waals surface area contributed by atoms with Gasteiger partial charge in [-0.25, -0.2) is 4.68 Å². The molecular formula is C17H21F3N4O. The van der Waals surface area contributed by atoms with Gasteiger partial charge in [-0.05, 0) is 32.5 Å². The summed E-state index contributed by atoms with van der Waals surface area (Å²) in [5.74, 6) is -0.796. The molecule has 0 aliphatic carbocycles. The van der Waals surface area contributed by atoms with Gasteiger partial charge in [-0.2, -0.15) is 18.3 Å². The summed E-state index contributed by atoms with van der Waals surface area (Å²) in [6.07, 6.45) is -3.75. The number of nitrogens with zero attached hydrogens (tertiary/aromatic N) is 2. The van der Waals surface area contributed by atoms with Crippen molar-refractivity contribution in [1.82, 2.24) is 20.4 Å². The fourth-order valence-electron chi connectivity index (χ4n) is 2.43. The van der Waals surface area contributed by atoms with Crippen LogP contribution in [-0.4, -0.2) is 34.8 Å². The number of carbonyl (C=O) groups excluding carboxylic acids is 1. The molecule has 0 saturated heterocycles. The molecule has 1 heterocycles. The summed E-state index contributed by atoms with van der Waals surface area (Å²) in [5.41, 5.74) is -0.403. The van der Waals surface area contributed by atoms with E-state index in [-0.39, 0.29) is 18.3 Å². The Balaban J connectivity index is 2.33. The number of likely N-dealkylation sites (N-methyl/N-ethyl adjacent to an activating group) is 1. The molecule has 0 aliphatic heterocycles. The Bertz CT molecular complexity index is 722. The number of nitrogens with one attached hydrogen (secondary N) is 2. The third-order valence-electron chi connectivity index (χ3n) is 3.68. The predicted octanol–water partition coefficient (Wildman–Crippen LogP) is 2.93. The number of halogens is 3. The number of aromatic nitrogens is 2. The van der Waals surface area contributed by atoms with Crippen molar-refractivity contribution in [3.05, 3.63) is 47.3 Å². The number of rotatable bonds is 6. The van der Waals surface area contributed by atoms with E-state index in [1.165, 1.54) is 12.1 Å². The first-order valence-corrected chi connectivity index (χ1v) is 7.98. The Labute approximate surface area is 144 Å². The first-order chi connectivity index (χ1) is 11.7. The molecule has 0 aliphatic rings. The minimum atomic E-state index is -4.71. The van der Waals surface area contributed by atoms with Crippen molar-refractivity contribution >= 4 is 5.91 Å². The van der Waals surface area contributed by atoms with Crippen LogP contribution < -0.4 is 10.6 Å². The van der Waals surface area contributed by atoms with E-state index in [2.05, 4.69) is 15.7 Å². The van der Waals surface area contributed by atoms with Crippen LogP contribution in [0.5, 0.6) is 0 Å². The normalized spacial score (nSPS) is 12.9. The Morgan fingerprint density at radius 3 is 2.48 bits per heavy atom. The lowest BCUT2D eigenvalue weighted by atomic mass is 10.2. The smallest absolute Gasteiger partial charge is 0.350 e. The van der Waals surface area contributed by atoms with Crippen molar-refractivity contribution in [1.29, 1.82) is 0 Å². The zero-order chi connectivity index (χ0) is 18.6. The first-order valence-electron chi connectivity index (χ1n) is 7.98. The van der Waals surface area contributed by atoms with Gasteiger partial charge >= 0.3 is 6.18 Å². The average Bonchev–Trinajstić information content (AvgIpc) is 2.99. The summed E-state index contributed by atoms with van der Waals surface area (Å²) in [7, 11) is 0. The van der Waals surface area contributed by atoms with E-state index < -0.39 is 23.3 Å². The zero-order valence-electron chi connectivity index (χ0n) is 14.3. The van der Waals surface area contributed by atoms with Crippen molar-refractivity contribution in [2.24, 2.45) is 0 Å². The molecule has 5 nitrogen and oxygen atoms in total. The van der Waals surface area contributed by atoms with E-state index in [0.717, 1.165) is 16.4 Å². The SMILES string of the molecule is CCN[C@H](C)CNC(=O)c1cnn(-c2ccc(C)cc2)c1C(F)(F)F. The summed E-state index contributed by atoms with van der Waals surface area (Å²) in [6, 6.07) is 6.40. The molecule has 0 bridgehead atoms. The van der Waals surface area contributed by atoms with E-state index in [9.17, 15) is 18.0 Å². The maximum Gasteiger partial charge on any atom is 0.434 e. The van der Waals surface area contributed by atoms with Gasteiger partial charge < -0.3 is 10.6 Å². The minimum absolute atomic E-state index is 0.0459. The third-order valence-corrected chi connectivity index (χ3v) is 3.68. The molecule has 25 heavy (non-hydrogen) atoms. The molecule has 8 heteroatoms. The second-order valence-corrected chi connectivity index (χ2v) is 5.82. The van der Waals surface area contributed by atoms with Gasteiger partial charge in [-0.15, -0.1) is 0 Å². The Kier molecular flexibility index (Phi) is 5.84. The van der Waals surface area contributed by atoms with Gasteiger partial charge in [-0.3, -0.25) is 4.79 Å². The van der Waals surface area contributed by atoms with Crippen LogP contribution in [0.1, 0.15) is 35.5 Å². The van der Waals surface area contributed by atoms with Crippen LogP contribution in [0.2, 0.25) is 0 Å². The summed E-state index contributed by atoms with van der Waals surface area (Å²) >= 11 is 0. The van der Waals surface area contributed by atoms with E-state index in [1.807, 2.05) is 20.8 Å². The van der Waals surface area contributed by atoms with Gasteiger partial charge in [0, 0.05) is 12.6 Å². The van der Waals surface area contributed by atoms with Gasteiger partial charge in [-0.1, -0.05) is 24.6 Å². The molecule has 1 atom stereocenters. The van der Waals surface area contributed by atoms with Crippen LogP contribution in [0.25, 0.3) is 5.69 Å². The summed E-state index contributed by atoms with van der Waals surface area (Å²) in [4.78, 5) is 12.2. The molecule has 1 amide bonds. The molecule has 1 aromatic heterocycles. The Hall–Kier alpha value is -2.35. The van der Waals surface area contributed by atoms with Crippen molar-refractivity contribution in [2.75, 3.05) is 13.1 Å². The number of hydrogen-bond donors (Lipinski definition) is 2. The maximum atomic E-state index is 13.5. The standard InChI is InChI=1S/C17H21F3N4O/c1-4-21-12(3)9-22-16(25)14-10-23-24(15(14)17(18,19)20)13-7-5-11(2)6-8-13/h5-8,10,12,21H,4,9H2,1-3H3,(H,22,25)/t12-/m1/s1. The monoisotopic (exact) mass is 354 g/mol. The molecule has 0 spiro atoms. The molecule has 2 N–H and O–H groups in total. The fraction of sp³-hybridized carbons (Fsp3) is 0.412. The van der Waals surface area contributed by atoms with Gasteiger partial charge in [0.2, 0.25) is 0 Å². The molecule has 0 fully saturated rings. The summed E-state index contributed by atoms with van der Waals surface area (Å²) in [6.45, 7) is 6.51. The van der Waals surface area contributed by atoms with Crippen molar-refractivity contribution < 1.29 is 18.0 Å². The van der Waals surface area contributed by atoms with Gasteiger partial charge in [0.05, 0.1) is 17.4 Å². The van der Waals surface area contributed by atoms with Crippen molar-refractivity contribution in [3.8, 4) is 5.69 Å². The molecule has 0 unspecified atom stereocenters. The summed E-state index contributed by atoms with van der Waals surface area (Å²) in [5, 5.41) is 9.38. The lowest BCUT2D eigenvalue weighted by Gasteiger charge is -2.15. The quantitative estimate of drug-likeness (QED) is 0.839. The van der Waals surface area contributed by atoms with Gasteiger partial charge in [0.25, 0.3) is 5.91 Å². The van der Waals surface area contributed by atoms with E-state index in [1.54, 1.807) is 12.1 Å². The second-order valence-electron chi connectivity index (χ2n) is 5.82. The Morgan fingerprint density at radius 2 is 1.92 bits per heavy atom. The van der Waals surface area contributed by atoms with Crippen LogP contribution in [0.3, 0.4) is 0 Å². The largest absolute Gasteiger partial charge is 0.434 e. The lowest BCUT2D eigenvalue weighted by Crippen LogP contribution is -2.39. The number of benzene rings is 1. The van der Waals surface area contributed by atoms with E-state index >= 15 is 0 Å². The Morgan fingerprint density at radius 1 is 1.28 bits per heavy atom. The number of hydrogen-bond acceptors (Lipinski definition) is 3. The second kappa shape index (κ2) is 7.69. The van der Waals surface area contributed by atoms with E-state index in [0.29, 0.717) is 6.54 Å². The van der Waals surface area contributed by atoms with Crippen LogP contribution in [0.4, 0.5) is 13.2 Å². The first kappa shape index (κ1) is 19.0. The lowest BCUT2D eigenvalue weighted by molar-refractivity contribution is -0.143. The molecule has 2 rings (SSSR count). The topological polar surface area (TPSA) is 58.9 Å². The highest BCUT2D eigenvalue weighted by atomic mass is 19.4. The fourth-order valence-corrected chi connectivity index (χ4v) is 2.43. The van der Waals surface area contributed by atoms with E-state index in [4.69, 9.17) is 0 Å². The summed E-state index contributed by atoms with van der Waals surface area (Å²) < 4.78 is 41.4. The minimum Gasteiger partial charge on any atom is -0.350 e. The highest BCUT2D eigenvalue weighted by Crippen LogP contribution is 2.33. The molecule has 136 valence electrons. The van der Waals surface area contributed by atoms with Crippen LogP contribution in [0, 0.1) is 6.92 Å². The molecular weight excluding hydrogens is 333 g/mol. The average molecular weight is 354 g/mol. The molecule has 0 saturated carbocycles. The van der Waals surface area contributed by atoms with Crippen molar-refractivity contribution in [3.63, 3.8) is 0 Å². The highest BCUT2D eigenvalue weighted by Gasteiger charge is 2.40. The number of alkyl halides is 3. The molecule has 1 aromatic carbocycles. The van der Waals surface area contributed by atoms with Crippen molar-refractivity contribution in [2.45, 2.75) is 33.0 Å². The maximum absolute atomic E-state index is 13.5. The molecule has 2 aromatic rings.